The van der Waals surface area contributed by atoms with E-state index in [1.54, 1.807) is 12.1 Å². The van der Waals surface area contributed by atoms with Crippen LogP contribution in [0.15, 0.2) is 40.8 Å². The van der Waals surface area contributed by atoms with Gasteiger partial charge < -0.3 is 19.8 Å². The van der Waals surface area contributed by atoms with E-state index in [9.17, 15) is 14.4 Å². The number of methoxy groups -OCH3 is 1. The van der Waals surface area contributed by atoms with Crippen molar-refractivity contribution >= 4 is 45.5 Å². The van der Waals surface area contributed by atoms with Gasteiger partial charge >= 0.3 is 6.03 Å². The molecule has 1 saturated heterocycles. The third-order valence-electron chi connectivity index (χ3n) is 5.98. The maximum Gasteiger partial charge on any atom is 0.325 e. The molecular weight excluding hydrogens is 386 g/mol. The number of imide groups is 1. The summed E-state index contributed by atoms with van der Waals surface area (Å²) < 4.78 is 11.3. The summed E-state index contributed by atoms with van der Waals surface area (Å²) in [6, 6.07) is 10.6. The highest BCUT2D eigenvalue weighted by Crippen LogP contribution is 2.37. The van der Waals surface area contributed by atoms with E-state index in [0.29, 0.717) is 29.9 Å². The standard InChI is InChI=1S/C22H21N3O5/c1-29-18-10-14-13-6-2-3-7-16(13)30-17(14)11-15(18)23-19(26)12-25-20(27)22(24-21(25)28)8-4-5-9-22/h2-3,6-7,10-11H,4-5,8-9,12H2,1H3,(H,23,26)(H,24,28). The van der Waals surface area contributed by atoms with Gasteiger partial charge in [0, 0.05) is 16.8 Å². The van der Waals surface area contributed by atoms with Gasteiger partial charge in [0.15, 0.2) is 0 Å². The highest BCUT2D eigenvalue weighted by atomic mass is 16.5. The largest absolute Gasteiger partial charge is 0.495 e. The molecule has 30 heavy (non-hydrogen) atoms. The topological polar surface area (TPSA) is 101 Å². The minimum Gasteiger partial charge on any atom is -0.495 e. The Morgan fingerprint density at radius 1 is 1.17 bits per heavy atom. The lowest BCUT2D eigenvalue weighted by Crippen LogP contribution is -2.44. The highest BCUT2D eigenvalue weighted by Gasteiger charge is 2.52. The SMILES string of the molecule is COc1cc2c(cc1NC(=O)CN1C(=O)NC3(CCCC3)C1=O)oc1ccccc12. The van der Waals surface area contributed by atoms with Crippen molar-refractivity contribution in [2.75, 3.05) is 19.0 Å². The molecule has 0 bridgehead atoms. The number of furan rings is 1. The zero-order valence-corrected chi connectivity index (χ0v) is 16.5. The number of para-hydroxylation sites is 1. The van der Waals surface area contributed by atoms with Crippen molar-refractivity contribution in [2.24, 2.45) is 0 Å². The van der Waals surface area contributed by atoms with Gasteiger partial charge in [0.2, 0.25) is 5.91 Å². The summed E-state index contributed by atoms with van der Waals surface area (Å²) in [5.41, 5.74) is 0.922. The Balaban J connectivity index is 1.40. The molecule has 8 heteroatoms. The third-order valence-corrected chi connectivity index (χ3v) is 5.98. The highest BCUT2D eigenvalue weighted by molar-refractivity contribution is 6.11. The zero-order chi connectivity index (χ0) is 20.9. The van der Waals surface area contributed by atoms with Crippen molar-refractivity contribution in [3.8, 4) is 5.75 Å². The van der Waals surface area contributed by atoms with Crippen LogP contribution in [0.2, 0.25) is 0 Å². The van der Waals surface area contributed by atoms with Crippen molar-refractivity contribution in [3.63, 3.8) is 0 Å². The Hall–Kier alpha value is -3.55. The van der Waals surface area contributed by atoms with Crippen LogP contribution in [0.25, 0.3) is 21.9 Å². The summed E-state index contributed by atoms with van der Waals surface area (Å²) in [7, 11) is 1.51. The molecule has 4 amide bonds. The second-order valence-corrected chi connectivity index (χ2v) is 7.81. The van der Waals surface area contributed by atoms with E-state index >= 15 is 0 Å². The van der Waals surface area contributed by atoms with Gasteiger partial charge in [-0.1, -0.05) is 31.0 Å². The maximum atomic E-state index is 12.7. The summed E-state index contributed by atoms with van der Waals surface area (Å²) in [6.45, 7) is -0.353. The molecular formula is C22H21N3O5. The predicted molar refractivity (Wildman–Crippen MR) is 110 cm³/mol. The minimum atomic E-state index is -0.831. The Morgan fingerprint density at radius 2 is 1.93 bits per heavy atom. The van der Waals surface area contributed by atoms with E-state index in [1.165, 1.54) is 7.11 Å². The molecule has 2 heterocycles. The summed E-state index contributed by atoms with van der Waals surface area (Å²) in [6.07, 6.45) is 3.01. The van der Waals surface area contributed by atoms with Crippen molar-refractivity contribution < 1.29 is 23.5 Å². The molecule has 0 unspecified atom stereocenters. The molecule has 3 aromatic rings. The fourth-order valence-corrected chi connectivity index (χ4v) is 4.49. The number of ether oxygens (including phenoxy) is 1. The normalized spacial score (nSPS) is 17.8. The Bertz CT molecular complexity index is 1190. The fraction of sp³-hybridized carbons (Fsp3) is 0.318. The molecule has 1 spiro atoms. The maximum absolute atomic E-state index is 12.7. The quantitative estimate of drug-likeness (QED) is 0.646. The first-order valence-electron chi connectivity index (χ1n) is 9.94. The molecule has 1 aliphatic heterocycles. The first-order chi connectivity index (χ1) is 14.5. The van der Waals surface area contributed by atoms with Crippen LogP contribution in [0.4, 0.5) is 10.5 Å². The van der Waals surface area contributed by atoms with Crippen LogP contribution >= 0.6 is 0 Å². The number of benzene rings is 2. The predicted octanol–water partition coefficient (Wildman–Crippen LogP) is 3.40. The van der Waals surface area contributed by atoms with Crippen LogP contribution in [-0.4, -0.2) is 41.9 Å². The molecule has 1 saturated carbocycles. The summed E-state index contributed by atoms with van der Waals surface area (Å²) in [5.74, 6) is -0.339. The molecule has 2 N–H and O–H groups in total. The molecule has 0 atom stereocenters. The molecule has 1 aromatic heterocycles. The van der Waals surface area contributed by atoms with Gasteiger partial charge in [0.1, 0.15) is 29.0 Å². The Labute approximate surface area is 172 Å². The summed E-state index contributed by atoms with van der Waals surface area (Å²) >= 11 is 0. The second-order valence-electron chi connectivity index (χ2n) is 7.81. The number of fused-ring (bicyclic) bond motifs is 3. The van der Waals surface area contributed by atoms with Gasteiger partial charge in [0.05, 0.1) is 12.8 Å². The first-order valence-corrected chi connectivity index (χ1v) is 9.94. The number of rotatable bonds is 4. The monoisotopic (exact) mass is 407 g/mol. The van der Waals surface area contributed by atoms with E-state index in [2.05, 4.69) is 10.6 Å². The van der Waals surface area contributed by atoms with Crippen LogP contribution in [-0.2, 0) is 9.59 Å². The number of anilines is 1. The lowest BCUT2D eigenvalue weighted by atomic mass is 9.98. The van der Waals surface area contributed by atoms with Gasteiger partial charge in [-0.05, 0) is 25.0 Å². The molecule has 1 aliphatic carbocycles. The average Bonchev–Trinajstić information content (AvgIpc) is 3.40. The van der Waals surface area contributed by atoms with E-state index < -0.39 is 17.5 Å². The van der Waals surface area contributed by atoms with E-state index in [0.717, 1.165) is 34.1 Å². The lowest BCUT2D eigenvalue weighted by molar-refractivity contribution is -0.133. The van der Waals surface area contributed by atoms with Gasteiger partial charge in [0.25, 0.3) is 5.91 Å². The number of urea groups is 1. The average molecular weight is 407 g/mol. The number of carbonyl (C=O) groups excluding carboxylic acids is 3. The Kier molecular flexibility index (Phi) is 4.16. The van der Waals surface area contributed by atoms with Crippen LogP contribution in [0.1, 0.15) is 25.7 Å². The van der Waals surface area contributed by atoms with Gasteiger partial charge in [-0.25, -0.2) is 4.79 Å². The smallest absolute Gasteiger partial charge is 0.325 e. The number of hydrogen-bond acceptors (Lipinski definition) is 5. The van der Waals surface area contributed by atoms with Gasteiger partial charge in [-0.3, -0.25) is 14.5 Å². The van der Waals surface area contributed by atoms with Gasteiger partial charge in [-0.2, -0.15) is 0 Å². The zero-order valence-electron chi connectivity index (χ0n) is 16.5. The fourth-order valence-electron chi connectivity index (χ4n) is 4.49. The van der Waals surface area contributed by atoms with E-state index in [1.807, 2.05) is 24.3 Å². The molecule has 154 valence electrons. The number of carbonyl (C=O) groups is 3. The minimum absolute atomic E-state index is 0.320. The molecule has 8 nitrogen and oxygen atoms in total. The van der Waals surface area contributed by atoms with Crippen molar-refractivity contribution in [3.05, 3.63) is 36.4 Å². The molecule has 5 rings (SSSR count). The summed E-state index contributed by atoms with van der Waals surface area (Å²) in [4.78, 5) is 38.7. The van der Waals surface area contributed by atoms with Crippen LogP contribution in [0.3, 0.4) is 0 Å². The van der Waals surface area contributed by atoms with E-state index in [4.69, 9.17) is 9.15 Å². The van der Waals surface area contributed by atoms with Crippen molar-refractivity contribution in [1.29, 1.82) is 0 Å². The molecule has 2 aromatic carbocycles. The lowest BCUT2D eigenvalue weighted by Gasteiger charge is -2.20. The van der Waals surface area contributed by atoms with Crippen molar-refractivity contribution in [1.82, 2.24) is 10.2 Å². The third kappa shape index (κ3) is 2.79. The van der Waals surface area contributed by atoms with E-state index in [-0.39, 0.29) is 12.5 Å². The summed E-state index contributed by atoms with van der Waals surface area (Å²) in [5, 5.41) is 7.35. The van der Waals surface area contributed by atoms with Gasteiger partial charge in [-0.15, -0.1) is 0 Å². The molecule has 2 aliphatic rings. The number of nitrogens with one attached hydrogen (secondary N) is 2. The second kappa shape index (κ2) is 6.76. The Morgan fingerprint density at radius 3 is 2.70 bits per heavy atom. The molecule has 2 fully saturated rings. The van der Waals surface area contributed by atoms with Crippen LogP contribution in [0.5, 0.6) is 5.75 Å². The van der Waals surface area contributed by atoms with Crippen LogP contribution in [0, 0.1) is 0 Å². The van der Waals surface area contributed by atoms with Crippen molar-refractivity contribution in [2.45, 2.75) is 31.2 Å². The molecule has 0 radical (unpaired) electrons. The first kappa shape index (κ1) is 18.5. The number of hydrogen-bond donors (Lipinski definition) is 2. The number of nitrogens with zero attached hydrogens (tertiary/aromatic N) is 1. The van der Waals surface area contributed by atoms with Crippen LogP contribution < -0.4 is 15.4 Å². The number of amides is 4.